The van der Waals surface area contributed by atoms with E-state index < -0.39 is 0 Å². The highest BCUT2D eigenvalue weighted by atomic mass is 16.5. The summed E-state index contributed by atoms with van der Waals surface area (Å²) in [5.74, 6) is 1.87. The van der Waals surface area contributed by atoms with Crippen LogP contribution in [0.15, 0.2) is 4.52 Å². The summed E-state index contributed by atoms with van der Waals surface area (Å²) in [4.78, 5) is 6.99. The van der Waals surface area contributed by atoms with Gasteiger partial charge in [0.15, 0.2) is 5.82 Å². The van der Waals surface area contributed by atoms with E-state index in [9.17, 15) is 0 Å². The molecule has 1 unspecified atom stereocenters. The van der Waals surface area contributed by atoms with Gasteiger partial charge in [0.05, 0.1) is 6.54 Å². The summed E-state index contributed by atoms with van der Waals surface area (Å²) in [6, 6.07) is 1.13. The number of hydrogen-bond donors (Lipinski definition) is 1. The van der Waals surface area contributed by atoms with Gasteiger partial charge in [0, 0.05) is 24.5 Å². The van der Waals surface area contributed by atoms with Gasteiger partial charge < -0.3 is 9.84 Å². The average Bonchev–Trinajstić information content (AvgIpc) is 2.86. The maximum atomic E-state index is 5.30. The van der Waals surface area contributed by atoms with Crippen LogP contribution in [0.4, 0.5) is 0 Å². The molecule has 1 fully saturated rings. The molecule has 5 heteroatoms. The van der Waals surface area contributed by atoms with Gasteiger partial charge in [-0.05, 0) is 19.4 Å². The highest BCUT2D eigenvalue weighted by Crippen LogP contribution is 2.19. The Labute approximate surface area is 122 Å². The maximum absolute atomic E-state index is 5.30. The molecule has 0 radical (unpaired) electrons. The van der Waals surface area contributed by atoms with Crippen LogP contribution in [0.25, 0.3) is 0 Å². The Balaban J connectivity index is 1.93. The minimum Gasteiger partial charge on any atom is -0.339 e. The standard InChI is InChI=1S/C15H28N4O/c1-11(2)15-17-14(18-20-15)10-19-8-6-5-7-13(19)9-16-12(3)4/h11-13,16H,5-10H2,1-4H3. The SMILES string of the molecule is CC(C)NCC1CCCCN1Cc1noc(C(C)C)n1. The first kappa shape index (κ1) is 15.4. The molecule has 2 heterocycles. The summed E-state index contributed by atoms with van der Waals surface area (Å²) < 4.78 is 5.30. The Morgan fingerprint density at radius 3 is 2.75 bits per heavy atom. The topological polar surface area (TPSA) is 54.2 Å². The molecule has 0 aromatic carbocycles. The molecule has 1 aromatic rings. The number of aromatic nitrogens is 2. The zero-order valence-corrected chi connectivity index (χ0v) is 13.2. The van der Waals surface area contributed by atoms with Crippen molar-refractivity contribution in [3.05, 3.63) is 11.7 Å². The Morgan fingerprint density at radius 1 is 1.30 bits per heavy atom. The van der Waals surface area contributed by atoms with Gasteiger partial charge in [-0.3, -0.25) is 4.90 Å². The molecule has 1 N–H and O–H groups in total. The van der Waals surface area contributed by atoms with Gasteiger partial charge in [-0.25, -0.2) is 0 Å². The van der Waals surface area contributed by atoms with E-state index in [1.54, 1.807) is 0 Å². The fourth-order valence-electron chi connectivity index (χ4n) is 2.62. The first-order valence-corrected chi connectivity index (χ1v) is 7.86. The summed E-state index contributed by atoms with van der Waals surface area (Å²) in [5.41, 5.74) is 0. The third-order valence-corrected chi connectivity index (χ3v) is 3.83. The zero-order valence-electron chi connectivity index (χ0n) is 13.2. The lowest BCUT2D eigenvalue weighted by molar-refractivity contribution is 0.131. The van der Waals surface area contributed by atoms with E-state index in [4.69, 9.17) is 4.52 Å². The fraction of sp³-hybridized carbons (Fsp3) is 0.867. The number of hydrogen-bond acceptors (Lipinski definition) is 5. The van der Waals surface area contributed by atoms with Crippen LogP contribution in [0.2, 0.25) is 0 Å². The number of piperidine rings is 1. The van der Waals surface area contributed by atoms with Crippen LogP contribution in [0, 0.1) is 0 Å². The van der Waals surface area contributed by atoms with Crippen molar-refractivity contribution in [3.8, 4) is 0 Å². The normalized spacial score (nSPS) is 21.0. The Morgan fingerprint density at radius 2 is 2.10 bits per heavy atom. The minimum absolute atomic E-state index is 0.302. The Kier molecular flexibility index (Phi) is 5.54. The minimum atomic E-state index is 0.302. The van der Waals surface area contributed by atoms with Crippen molar-refractivity contribution in [1.29, 1.82) is 0 Å². The van der Waals surface area contributed by atoms with E-state index in [1.165, 1.54) is 19.3 Å². The van der Waals surface area contributed by atoms with E-state index in [2.05, 4.69) is 48.1 Å². The second kappa shape index (κ2) is 7.18. The summed E-state index contributed by atoms with van der Waals surface area (Å²) in [6.07, 6.45) is 3.85. The fourth-order valence-corrected chi connectivity index (χ4v) is 2.62. The van der Waals surface area contributed by atoms with Crippen molar-refractivity contribution in [1.82, 2.24) is 20.4 Å². The van der Waals surface area contributed by atoms with Gasteiger partial charge in [-0.15, -0.1) is 0 Å². The van der Waals surface area contributed by atoms with Gasteiger partial charge >= 0.3 is 0 Å². The van der Waals surface area contributed by atoms with Crippen molar-refractivity contribution in [2.24, 2.45) is 0 Å². The van der Waals surface area contributed by atoms with Crippen molar-refractivity contribution in [2.45, 2.75) is 71.5 Å². The second-order valence-corrected chi connectivity index (χ2v) is 6.39. The van der Waals surface area contributed by atoms with Crippen molar-refractivity contribution < 1.29 is 4.52 Å². The second-order valence-electron chi connectivity index (χ2n) is 6.39. The van der Waals surface area contributed by atoms with Gasteiger partial charge in [0.2, 0.25) is 5.89 Å². The molecule has 5 nitrogen and oxygen atoms in total. The molecule has 20 heavy (non-hydrogen) atoms. The molecule has 1 aliphatic heterocycles. The van der Waals surface area contributed by atoms with E-state index >= 15 is 0 Å². The number of likely N-dealkylation sites (tertiary alicyclic amines) is 1. The molecule has 1 aliphatic rings. The molecule has 2 rings (SSSR count). The van der Waals surface area contributed by atoms with Crippen molar-refractivity contribution in [2.75, 3.05) is 13.1 Å². The van der Waals surface area contributed by atoms with Crippen LogP contribution >= 0.6 is 0 Å². The van der Waals surface area contributed by atoms with Crippen molar-refractivity contribution >= 4 is 0 Å². The molecular formula is C15H28N4O. The van der Waals surface area contributed by atoms with Crippen LogP contribution in [0.1, 0.15) is 64.6 Å². The molecular weight excluding hydrogens is 252 g/mol. The highest BCUT2D eigenvalue weighted by molar-refractivity contribution is 4.92. The van der Waals surface area contributed by atoms with Crippen LogP contribution < -0.4 is 5.32 Å². The summed E-state index contributed by atoms with van der Waals surface area (Å²) >= 11 is 0. The van der Waals surface area contributed by atoms with E-state index in [0.717, 1.165) is 31.3 Å². The zero-order chi connectivity index (χ0) is 14.5. The summed E-state index contributed by atoms with van der Waals surface area (Å²) in [6.45, 7) is 11.5. The summed E-state index contributed by atoms with van der Waals surface area (Å²) in [5, 5.41) is 7.66. The van der Waals surface area contributed by atoms with Crippen molar-refractivity contribution in [3.63, 3.8) is 0 Å². The van der Waals surface area contributed by atoms with Crippen LogP contribution in [-0.2, 0) is 6.54 Å². The monoisotopic (exact) mass is 280 g/mol. The van der Waals surface area contributed by atoms with Crippen LogP contribution in [0.5, 0.6) is 0 Å². The molecule has 0 spiro atoms. The van der Waals surface area contributed by atoms with Crippen LogP contribution in [0.3, 0.4) is 0 Å². The number of rotatable bonds is 6. The molecule has 0 saturated carbocycles. The molecule has 0 amide bonds. The molecule has 0 bridgehead atoms. The first-order valence-electron chi connectivity index (χ1n) is 7.86. The van der Waals surface area contributed by atoms with E-state index in [1.807, 2.05) is 0 Å². The largest absolute Gasteiger partial charge is 0.339 e. The quantitative estimate of drug-likeness (QED) is 0.868. The van der Waals surface area contributed by atoms with E-state index in [-0.39, 0.29) is 0 Å². The molecule has 0 aliphatic carbocycles. The molecule has 1 aromatic heterocycles. The van der Waals surface area contributed by atoms with Gasteiger partial charge in [0.25, 0.3) is 0 Å². The highest BCUT2D eigenvalue weighted by Gasteiger charge is 2.24. The Bertz CT molecular complexity index is 402. The Hall–Kier alpha value is -0.940. The lowest BCUT2D eigenvalue weighted by Gasteiger charge is -2.35. The molecule has 1 saturated heterocycles. The lowest BCUT2D eigenvalue weighted by atomic mass is 10.0. The first-order chi connectivity index (χ1) is 9.56. The maximum Gasteiger partial charge on any atom is 0.229 e. The summed E-state index contributed by atoms with van der Waals surface area (Å²) in [7, 11) is 0. The average molecular weight is 280 g/mol. The van der Waals surface area contributed by atoms with E-state index in [0.29, 0.717) is 18.0 Å². The smallest absolute Gasteiger partial charge is 0.229 e. The van der Waals surface area contributed by atoms with Crippen LogP contribution in [-0.4, -0.2) is 40.2 Å². The van der Waals surface area contributed by atoms with Gasteiger partial charge in [-0.2, -0.15) is 4.98 Å². The third kappa shape index (κ3) is 4.28. The third-order valence-electron chi connectivity index (χ3n) is 3.83. The number of nitrogens with zero attached hydrogens (tertiary/aromatic N) is 3. The molecule has 1 atom stereocenters. The predicted molar refractivity (Wildman–Crippen MR) is 79.6 cm³/mol. The predicted octanol–water partition coefficient (Wildman–Crippen LogP) is 2.55. The number of nitrogens with one attached hydrogen (secondary N) is 1. The molecule has 114 valence electrons. The van der Waals surface area contributed by atoms with Gasteiger partial charge in [-0.1, -0.05) is 39.3 Å². The van der Waals surface area contributed by atoms with Gasteiger partial charge in [0.1, 0.15) is 0 Å². The lowest BCUT2D eigenvalue weighted by Crippen LogP contribution is -2.46.